The molecular formula is C19H32N2O4S2. The Morgan fingerprint density at radius 3 is 2.04 bits per heavy atom. The molecule has 8 heteroatoms. The first-order valence-electron chi connectivity index (χ1n) is 10.4. The summed E-state index contributed by atoms with van der Waals surface area (Å²) in [6, 6.07) is -0.533. The van der Waals surface area contributed by atoms with Crippen molar-refractivity contribution in [2.24, 2.45) is 11.8 Å². The molecule has 2 amide bonds. The van der Waals surface area contributed by atoms with Crippen molar-refractivity contribution >= 4 is 34.3 Å². The minimum Gasteiger partial charge on any atom is -0.330 e. The summed E-state index contributed by atoms with van der Waals surface area (Å²) in [6.07, 6.45) is 12.0. The van der Waals surface area contributed by atoms with E-state index in [2.05, 4.69) is 17.9 Å². The summed E-state index contributed by atoms with van der Waals surface area (Å²) in [4.78, 5) is 27.6. The zero-order valence-corrected chi connectivity index (χ0v) is 17.6. The number of piperazine rings is 1. The molecule has 0 aromatic heterocycles. The van der Waals surface area contributed by atoms with Gasteiger partial charge in [0.1, 0.15) is 6.04 Å². The lowest BCUT2D eigenvalue weighted by Crippen LogP contribution is -2.66. The molecule has 0 radical (unpaired) electrons. The topological polar surface area (TPSA) is 83.5 Å². The molecule has 0 aromatic carbocycles. The fraction of sp³-hybridized carbons (Fsp3) is 0.895. The zero-order chi connectivity index (χ0) is 19.4. The minimum absolute atomic E-state index is 0.314. The second kappa shape index (κ2) is 9.16. The Morgan fingerprint density at radius 2 is 1.48 bits per heavy atom. The maximum atomic E-state index is 13.1. The fourth-order valence-electron chi connectivity index (χ4n) is 4.89. The van der Waals surface area contributed by atoms with E-state index >= 15 is 0 Å². The van der Waals surface area contributed by atoms with Gasteiger partial charge in [-0.15, -0.1) is 0 Å². The lowest BCUT2D eigenvalue weighted by molar-refractivity contribution is -0.148. The third kappa shape index (κ3) is 5.00. The Hall–Kier alpha value is -0.760. The summed E-state index contributed by atoms with van der Waals surface area (Å²) in [5, 5.41) is 0.569. The highest BCUT2D eigenvalue weighted by Gasteiger charge is 2.47. The van der Waals surface area contributed by atoms with Crippen LogP contribution in [0.4, 0.5) is 0 Å². The average molecular weight is 417 g/mol. The molecule has 1 heterocycles. The smallest absolute Gasteiger partial charge is 0.261 e. The van der Waals surface area contributed by atoms with Gasteiger partial charge in [-0.2, -0.15) is 12.6 Å². The van der Waals surface area contributed by atoms with Gasteiger partial charge in [0.05, 0.1) is 5.08 Å². The molecule has 1 N–H and O–H groups in total. The first-order valence-corrected chi connectivity index (χ1v) is 12.7. The van der Waals surface area contributed by atoms with Crippen LogP contribution in [0.25, 0.3) is 0 Å². The molecule has 3 fully saturated rings. The number of hydrogen-bond donors (Lipinski definition) is 2. The molecule has 154 valence electrons. The predicted octanol–water partition coefficient (Wildman–Crippen LogP) is 2.49. The van der Waals surface area contributed by atoms with E-state index in [0.717, 1.165) is 38.5 Å². The molecule has 2 aliphatic carbocycles. The highest BCUT2D eigenvalue weighted by molar-refractivity contribution is 8.04. The van der Waals surface area contributed by atoms with Gasteiger partial charge < -0.3 is 10.2 Å². The highest BCUT2D eigenvalue weighted by atomic mass is 32.2. The maximum absolute atomic E-state index is 13.1. The number of thiol groups is 1. The summed E-state index contributed by atoms with van der Waals surface area (Å²) in [7, 11) is -3.79. The van der Waals surface area contributed by atoms with Crippen molar-refractivity contribution in [3.63, 3.8) is 0 Å². The van der Waals surface area contributed by atoms with E-state index in [4.69, 9.17) is 0 Å². The SMILES string of the molecule is O=C1N[C@H](S(=O)(=O)CS)C(=O)N(CC2CCCCC2)[C@@H]1CC1CCCCC1. The van der Waals surface area contributed by atoms with Gasteiger partial charge in [0, 0.05) is 6.54 Å². The standard InChI is InChI=1S/C19H32N2O4S2/c22-17-16(11-14-7-3-1-4-8-14)21(12-15-9-5-2-6-10-15)19(23)18(20-17)27(24,25)13-26/h14-16,18,26H,1-13H2,(H,20,22)/t16-,18-/m1/s1. The Kier molecular flexibility index (Phi) is 7.11. The van der Waals surface area contributed by atoms with Gasteiger partial charge in [-0.1, -0.05) is 51.4 Å². The molecule has 6 nitrogen and oxygen atoms in total. The quantitative estimate of drug-likeness (QED) is 0.652. The van der Waals surface area contributed by atoms with Crippen LogP contribution in [0.15, 0.2) is 0 Å². The summed E-state index contributed by atoms with van der Waals surface area (Å²) in [5.41, 5.74) is 0. The van der Waals surface area contributed by atoms with Crippen LogP contribution in [-0.4, -0.2) is 48.2 Å². The van der Waals surface area contributed by atoms with Crippen LogP contribution in [0, 0.1) is 11.8 Å². The van der Waals surface area contributed by atoms with E-state index in [9.17, 15) is 18.0 Å². The van der Waals surface area contributed by atoms with Gasteiger partial charge in [-0.3, -0.25) is 9.59 Å². The van der Waals surface area contributed by atoms with Crippen LogP contribution in [0.3, 0.4) is 0 Å². The molecule has 2 atom stereocenters. The van der Waals surface area contributed by atoms with E-state index < -0.39 is 32.2 Å². The van der Waals surface area contributed by atoms with Crippen LogP contribution in [-0.2, 0) is 19.4 Å². The van der Waals surface area contributed by atoms with Gasteiger partial charge in [-0.25, -0.2) is 8.42 Å². The fourth-order valence-corrected chi connectivity index (χ4v) is 6.22. The van der Waals surface area contributed by atoms with Gasteiger partial charge >= 0.3 is 0 Å². The number of carbonyl (C=O) groups excluding carboxylic acids is 2. The van der Waals surface area contributed by atoms with E-state index in [-0.39, 0.29) is 5.91 Å². The molecule has 0 bridgehead atoms. The van der Waals surface area contributed by atoms with Crippen molar-refractivity contribution in [2.75, 3.05) is 11.6 Å². The molecule has 3 aliphatic rings. The lowest BCUT2D eigenvalue weighted by atomic mass is 9.83. The normalized spacial score (nSPS) is 29.0. The predicted molar refractivity (Wildman–Crippen MR) is 108 cm³/mol. The molecule has 1 aliphatic heterocycles. The summed E-state index contributed by atoms with van der Waals surface area (Å²) in [6.45, 7) is 0.502. The molecule has 0 spiro atoms. The number of sulfone groups is 1. The van der Waals surface area contributed by atoms with Crippen LogP contribution in [0.2, 0.25) is 0 Å². The van der Waals surface area contributed by atoms with Crippen LogP contribution in [0.5, 0.6) is 0 Å². The van der Waals surface area contributed by atoms with Crippen molar-refractivity contribution in [1.29, 1.82) is 0 Å². The first-order chi connectivity index (χ1) is 12.9. The van der Waals surface area contributed by atoms with E-state index in [0.29, 0.717) is 24.8 Å². The third-order valence-electron chi connectivity index (χ3n) is 6.46. The highest BCUT2D eigenvalue weighted by Crippen LogP contribution is 2.32. The summed E-state index contributed by atoms with van der Waals surface area (Å²) >= 11 is 3.86. The second-order valence-corrected chi connectivity index (χ2v) is 11.3. The number of nitrogens with zero attached hydrogens (tertiary/aromatic N) is 1. The van der Waals surface area contributed by atoms with Crippen molar-refractivity contribution in [2.45, 2.75) is 82.0 Å². The van der Waals surface area contributed by atoms with Gasteiger partial charge in [-0.05, 0) is 31.1 Å². The Labute approximate surface area is 168 Å². The number of hydrogen-bond acceptors (Lipinski definition) is 5. The molecule has 2 saturated carbocycles. The summed E-state index contributed by atoms with van der Waals surface area (Å²) in [5.74, 6) is 0.0253. The zero-order valence-electron chi connectivity index (χ0n) is 15.9. The van der Waals surface area contributed by atoms with Gasteiger partial charge in [0.15, 0.2) is 9.84 Å². The molecule has 27 heavy (non-hydrogen) atoms. The van der Waals surface area contributed by atoms with Crippen molar-refractivity contribution in [1.82, 2.24) is 10.2 Å². The minimum atomic E-state index is -3.79. The van der Waals surface area contributed by atoms with Gasteiger partial charge in [0.2, 0.25) is 11.3 Å². The molecule has 3 rings (SSSR count). The number of rotatable bonds is 6. The lowest BCUT2D eigenvalue weighted by Gasteiger charge is -2.42. The molecule has 1 saturated heterocycles. The number of carbonyl (C=O) groups is 2. The molecule has 0 aromatic rings. The number of nitrogens with one attached hydrogen (secondary N) is 1. The van der Waals surface area contributed by atoms with E-state index in [1.54, 1.807) is 4.90 Å². The van der Waals surface area contributed by atoms with Gasteiger partial charge in [0.25, 0.3) is 5.91 Å². The van der Waals surface area contributed by atoms with Crippen molar-refractivity contribution < 1.29 is 18.0 Å². The Balaban J connectivity index is 1.80. The van der Waals surface area contributed by atoms with E-state index in [1.165, 1.54) is 25.7 Å². The Morgan fingerprint density at radius 1 is 0.926 bits per heavy atom. The van der Waals surface area contributed by atoms with E-state index in [1.807, 2.05) is 0 Å². The van der Waals surface area contributed by atoms with Crippen LogP contribution >= 0.6 is 12.6 Å². The third-order valence-corrected chi connectivity index (χ3v) is 8.94. The maximum Gasteiger partial charge on any atom is 0.261 e. The van der Waals surface area contributed by atoms with Crippen molar-refractivity contribution in [3.05, 3.63) is 0 Å². The number of amides is 2. The largest absolute Gasteiger partial charge is 0.330 e. The first kappa shape index (κ1) is 21.0. The molecular weight excluding hydrogens is 384 g/mol. The monoisotopic (exact) mass is 416 g/mol. The van der Waals surface area contributed by atoms with Crippen molar-refractivity contribution in [3.8, 4) is 0 Å². The van der Waals surface area contributed by atoms with Crippen LogP contribution in [0.1, 0.15) is 70.6 Å². The Bertz CT molecular complexity index is 640. The average Bonchev–Trinajstić information content (AvgIpc) is 2.68. The summed E-state index contributed by atoms with van der Waals surface area (Å²) < 4.78 is 24.6. The second-order valence-electron chi connectivity index (χ2n) is 8.43. The van der Waals surface area contributed by atoms with Crippen LogP contribution < -0.4 is 5.32 Å². The molecule has 0 unspecified atom stereocenters.